The molecule has 0 saturated heterocycles. The standard InChI is InChI=1S/C18H15FN2O4/c1-12(18(23)21-15-6-2-4-13(8-15)10-20)25-17(22)11-24-16-7-3-5-14(19)9-16/h2-9,12H,11H2,1H3,(H,21,23)/t12-/m0/s1. The average Bonchev–Trinajstić information content (AvgIpc) is 2.60. The number of carbonyl (C=O) groups excluding carboxylic acids is 2. The number of nitriles is 1. The number of nitrogens with one attached hydrogen (secondary N) is 1. The lowest BCUT2D eigenvalue weighted by molar-refractivity contribution is -0.155. The van der Waals surface area contributed by atoms with Crippen molar-refractivity contribution in [2.75, 3.05) is 11.9 Å². The van der Waals surface area contributed by atoms with Gasteiger partial charge in [-0.1, -0.05) is 12.1 Å². The van der Waals surface area contributed by atoms with Gasteiger partial charge in [-0.15, -0.1) is 0 Å². The Morgan fingerprint density at radius 1 is 1.24 bits per heavy atom. The molecule has 2 aromatic rings. The van der Waals surface area contributed by atoms with Gasteiger partial charge in [0.25, 0.3) is 5.91 Å². The zero-order valence-corrected chi connectivity index (χ0v) is 13.4. The number of ether oxygens (including phenoxy) is 2. The first kappa shape index (κ1) is 17.9. The lowest BCUT2D eigenvalue weighted by Crippen LogP contribution is -2.31. The molecule has 0 fully saturated rings. The van der Waals surface area contributed by atoms with Gasteiger partial charge >= 0.3 is 5.97 Å². The van der Waals surface area contributed by atoms with Crippen LogP contribution in [-0.4, -0.2) is 24.6 Å². The van der Waals surface area contributed by atoms with Crippen LogP contribution < -0.4 is 10.1 Å². The third-order valence-electron chi connectivity index (χ3n) is 3.09. The Hall–Kier alpha value is -3.40. The maximum Gasteiger partial charge on any atom is 0.344 e. The zero-order valence-electron chi connectivity index (χ0n) is 13.4. The van der Waals surface area contributed by atoms with E-state index in [4.69, 9.17) is 14.7 Å². The van der Waals surface area contributed by atoms with Crippen molar-refractivity contribution in [3.63, 3.8) is 0 Å². The second-order valence-electron chi connectivity index (χ2n) is 5.06. The average molecular weight is 342 g/mol. The van der Waals surface area contributed by atoms with E-state index in [1.807, 2.05) is 6.07 Å². The molecule has 25 heavy (non-hydrogen) atoms. The summed E-state index contributed by atoms with van der Waals surface area (Å²) < 4.78 is 23.1. The number of carbonyl (C=O) groups is 2. The van der Waals surface area contributed by atoms with Gasteiger partial charge in [0.05, 0.1) is 11.6 Å². The molecule has 128 valence electrons. The van der Waals surface area contributed by atoms with E-state index < -0.39 is 30.4 Å². The summed E-state index contributed by atoms with van der Waals surface area (Å²) in [4.78, 5) is 23.7. The van der Waals surface area contributed by atoms with Crippen LogP contribution in [0.3, 0.4) is 0 Å². The van der Waals surface area contributed by atoms with Gasteiger partial charge in [0.2, 0.25) is 0 Å². The van der Waals surface area contributed by atoms with Crippen LogP contribution in [0.2, 0.25) is 0 Å². The van der Waals surface area contributed by atoms with Crippen molar-refractivity contribution in [2.24, 2.45) is 0 Å². The highest BCUT2D eigenvalue weighted by Gasteiger charge is 2.18. The van der Waals surface area contributed by atoms with Crippen LogP contribution in [0.1, 0.15) is 12.5 Å². The van der Waals surface area contributed by atoms with Gasteiger partial charge in [0, 0.05) is 11.8 Å². The molecule has 2 aromatic carbocycles. The number of anilines is 1. The Morgan fingerprint density at radius 2 is 2.00 bits per heavy atom. The van der Waals surface area contributed by atoms with E-state index in [0.29, 0.717) is 11.3 Å². The fraction of sp³-hybridized carbons (Fsp3) is 0.167. The van der Waals surface area contributed by atoms with Crippen LogP contribution in [0.15, 0.2) is 48.5 Å². The molecular weight excluding hydrogens is 327 g/mol. The highest BCUT2D eigenvalue weighted by Crippen LogP contribution is 2.13. The molecule has 1 atom stereocenters. The van der Waals surface area contributed by atoms with Crippen molar-refractivity contribution in [3.05, 3.63) is 59.9 Å². The highest BCUT2D eigenvalue weighted by atomic mass is 19.1. The zero-order chi connectivity index (χ0) is 18.2. The van der Waals surface area contributed by atoms with Gasteiger partial charge in [-0.25, -0.2) is 9.18 Å². The monoisotopic (exact) mass is 342 g/mol. The predicted octanol–water partition coefficient (Wildman–Crippen LogP) is 2.65. The summed E-state index contributed by atoms with van der Waals surface area (Å²) in [6, 6.07) is 13.6. The minimum atomic E-state index is -1.06. The number of halogens is 1. The Bertz CT molecular complexity index is 817. The van der Waals surface area contributed by atoms with E-state index in [-0.39, 0.29) is 5.75 Å². The van der Waals surface area contributed by atoms with Gasteiger partial charge in [-0.2, -0.15) is 5.26 Å². The first-order valence-corrected chi connectivity index (χ1v) is 7.37. The lowest BCUT2D eigenvalue weighted by Gasteiger charge is -2.14. The molecule has 0 spiro atoms. The van der Waals surface area contributed by atoms with Crippen LogP contribution >= 0.6 is 0 Å². The van der Waals surface area contributed by atoms with Crippen LogP contribution in [0, 0.1) is 17.1 Å². The minimum Gasteiger partial charge on any atom is -0.482 e. The molecule has 0 aliphatic heterocycles. The molecule has 0 aliphatic carbocycles. The van der Waals surface area contributed by atoms with Gasteiger partial charge in [0.1, 0.15) is 11.6 Å². The predicted molar refractivity (Wildman–Crippen MR) is 87.2 cm³/mol. The number of nitrogens with zero attached hydrogens (tertiary/aromatic N) is 1. The third-order valence-corrected chi connectivity index (χ3v) is 3.09. The van der Waals surface area contributed by atoms with Crippen LogP contribution in [-0.2, 0) is 14.3 Å². The quantitative estimate of drug-likeness (QED) is 0.815. The number of hydrogen-bond acceptors (Lipinski definition) is 5. The Labute approximate surface area is 143 Å². The molecule has 1 N–H and O–H groups in total. The Morgan fingerprint density at radius 3 is 2.72 bits per heavy atom. The SMILES string of the molecule is C[C@H](OC(=O)COc1cccc(F)c1)C(=O)Nc1cccc(C#N)c1. The fourth-order valence-electron chi connectivity index (χ4n) is 1.89. The second-order valence-corrected chi connectivity index (χ2v) is 5.06. The van der Waals surface area contributed by atoms with Crippen molar-refractivity contribution in [3.8, 4) is 11.8 Å². The van der Waals surface area contributed by atoms with Crippen molar-refractivity contribution >= 4 is 17.6 Å². The highest BCUT2D eigenvalue weighted by molar-refractivity contribution is 5.95. The molecule has 2 rings (SSSR count). The van der Waals surface area contributed by atoms with Crippen LogP contribution in [0.4, 0.5) is 10.1 Å². The molecule has 7 heteroatoms. The molecule has 6 nitrogen and oxygen atoms in total. The number of rotatable bonds is 6. The summed E-state index contributed by atoms with van der Waals surface area (Å²) in [6.45, 7) is 0.953. The number of esters is 1. The maximum absolute atomic E-state index is 13.0. The second kappa shape index (κ2) is 8.45. The lowest BCUT2D eigenvalue weighted by atomic mass is 10.2. The molecule has 0 aromatic heterocycles. The molecule has 1 amide bonds. The summed E-state index contributed by atoms with van der Waals surface area (Å²) in [7, 11) is 0. The van der Waals surface area contributed by atoms with Crippen molar-refractivity contribution in [1.82, 2.24) is 0 Å². The summed E-state index contributed by atoms with van der Waals surface area (Å²) in [5.41, 5.74) is 0.814. The Balaban J connectivity index is 1.83. The van der Waals surface area contributed by atoms with E-state index in [2.05, 4.69) is 5.32 Å². The topological polar surface area (TPSA) is 88.4 Å². The fourth-order valence-corrected chi connectivity index (χ4v) is 1.89. The van der Waals surface area contributed by atoms with Gasteiger partial charge < -0.3 is 14.8 Å². The molecule has 0 saturated carbocycles. The summed E-state index contributed by atoms with van der Waals surface area (Å²) in [5, 5.41) is 11.4. The third kappa shape index (κ3) is 5.62. The number of amides is 1. The normalized spacial score (nSPS) is 11.1. The minimum absolute atomic E-state index is 0.183. The summed E-state index contributed by atoms with van der Waals surface area (Å²) in [5.74, 6) is -1.62. The summed E-state index contributed by atoms with van der Waals surface area (Å²) in [6.07, 6.45) is -1.06. The Kier molecular flexibility index (Phi) is 6.07. The van der Waals surface area contributed by atoms with Gasteiger partial charge in [0.15, 0.2) is 12.7 Å². The van der Waals surface area contributed by atoms with E-state index in [9.17, 15) is 14.0 Å². The molecular formula is C18H15FN2O4. The number of benzene rings is 2. The van der Waals surface area contributed by atoms with E-state index in [0.717, 1.165) is 6.07 Å². The first-order chi connectivity index (χ1) is 12.0. The van der Waals surface area contributed by atoms with Crippen LogP contribution in [0.25, 0.3) is 0 Å². The van der Waals surface area contributed by atoms with E-state index in [1.54, 1.807) is 18.2 Å². The molecule has 0 unspecified atom stereocenters. The van der Waals surface area contributed by atoms with Crippen molar-refractivity contribution in [1.29, 1.82) is 5.26 Å². The van der Waals surface area contributed by atoms with Gasteiger partial charge in [-0.3, -0.25) is 4.79 Å². The number of hydrogen-bond donors (Lipinski definition) is 1. The molecule has 0 aliphatic rings. The smallest absolute Gasteiger partial charge is 0.344 e. The molecule has 0 bridgehead atoms. The largest absolute Gasteiger partial charge is 0.482 e. The maximum atomic E-state index is 13.0. The molecule has 0 heterocycles. The van der Waals surface area contributed by atoms with E-state index >= 15 is 0 Å². The van der Waals surface area contributed by atoms with Crippen LogP contribution in [0.5, 0.6) is 5.75 Å². The van der Waals surface area contributed by atoms with Gasteiger partial charge in [-0.05, 0) is 37.3 Å². The summed E-state index contributed by atoms with van der Waals surface area (Å²) >= 11 is 0. The van der Waals surface area contributed by atoms with Crippen molar-refractivity contribution in [2.45, 2.75) is 13.0 Å². The van der Waals surface area contributed by atoms with Crippen molar-refractivity contribution < 1.29 is 23.5 Å². The first-order valence-electron chi connectivity index (χ1n) is 7.37. The molecule has 0 radical (unpaired) electrons. The van der Waals surface area contributed by atoms with E-state index in [1.165, 1.54) is 31.2 Å².